The molecule has 0 aliphatic rings. The van der Waals surface area contributed by atoms with Crippen LogP contribution in [0.3, 0.4) is 0 Å². The molecular weight excluding hydrogens is 401 g/mol. The third-order valence-corrected chi connectivity index (χ3v) is 4.04. The zero-order valence-corrected chi connectivity index (χ0v) is 16.1. The average Bonchev–Trinajstić information content (AvgIpc) is 2.48. The topological polar surface area (TPSA) is 30.5 Å². The van der Waals surface area contributed by atoms with E-state index < -0.39 is 0 Å². The Morgan fingerprint density at radius 1 is 0.957 bits per heavy atom. The maximum atomic E-state index is 6.01. The van der Waals surface area contributed by atoms with Gasteiger partial charge in [0.1, 0.15) is 0 Å². The molecule has 2 aromatic carbocycles. The van der Waals surface area contributed by atoms with Gasteiger partial charge in [-0.2, -0.15) is 0 Å². The summed E-state index contributed by atoms with van der Waals surface area (Å²) in [7, 11) is 0. The Morgan fingerprint density at radius 2 is 1.61 bits per heavy atom. The number of ether oxygens (including phenoxy) is 2. The maximum absolute atomic E-state index is 6.01. The number of benzene rings is 2. The highest BCUT2D eigenvalue weighted by Crippen LogP contribution is 2.37. The molecule has 23 heavy (non-hydrogen) atoms. The van der Waals surface area contributed by atoms with E-state index >= 15 is 0 Å². The highest BCUT2D eigenvalue weighted by molar-refractivity contribution is 9.10. The van der Waals surface area contributed by atoms with Gasteiger partial charge in [-0.3, -0.25) is 0 Å². The Morgan fingerprint density at radius 3 is 2.22 bits per heavy atom. The zero-order chi connectivity index (χ0) is 16.8. The molecule has 2 rings (SSSR count). The molecule has 124 valence electrons. The van der Waals surface area contributed by atoms with Crippen molar-refractivity contribution in [1.82, 2.24) is 0 Å². The normalized spacial score (nSPS) is 10.5. The fraction of sp³-hybridized carbons (Fsp3) is 0.294. The van der Waals surface area contributed by atoms with Crippen LogP contribution in [0.5, 0.6) is 11.5 Å². The Labute approximate surface area is 155 Å². The Balaban J connectivity index is 2.19. The SMILES string of the molecule is CCOc1cc(CNc2cc(Cl)cc(Cl)c2)cc(Br)c1OCC. The van der Waals surface area contributed by atoms with Crippen molar-refractivity contribution in [3.05, 3.63) is 50.4 Å². The predicted molar refractivity (Wildman–Crippen MR) is 100 cm³/mol. The second kappa shape index (κ2) is 8.67. The minimum Gasteiger partial charge on any atom is -0.490 e. The van der Waals surface area contributed by atoms with E-state index in [4.69, 9.17) is 32.7 Å². The van der Waals surface area contributed by atoms with Crippen LogP contribution in [0.15, 0.2) is 34.8 Å². The van der Waals surface area contributed by atoms with Crippen LogP contribution in [0, 0.1) is 0 Å². The molecule has 0 heterocycles. The van der Waals surface area contributed by atoms with Gasteiger partial charge in [0.25, 0.3) is 0 Å². The lowest BCUT2D eigenvalue weighted by Gasteiger charge is -2.15. The molecule has 0 radical (unpaired) electrons. The van der Waals surface area contributed by atoms with Crippen molar-refractivity contribution >= 4 is 44.8 Å². The second-order valence-corrected chi connectivity index (χ2v) is 6.51. The second-order valence-electron chi connectivity index (χ2n) is 4.78. The van der Waals surface area contributed by atoms with Gasteiger partial charge in [0, 0.05) is 22.3 Å². The van der Waals surface area contributed by atoms with Crippen LogP contribution in [-0.2, 0) is 6.54 Å². The molecule has 0 amide bonds. The molecule has 3 nitrogen and oxygen atoms in total. The Kier molecular flexibility index (Phi) is 6.88. The number of hydrogen-bond donors (Lipinski definition) is 1. The summed E-state index contributed by atoms with van der Waals surface area (Å²) < 4.78 is 12.2. The van der Waals surface area contributed by atoms with Crippen molar-refractivity contribution in [3.63, 3.8) is 0 Å². The molecule has 0 aromatic heterocycles. The number of rotatable bonds is 7. The lowest BCUT2D eigenvalue weighted by Crippen LogP contribution is -2.03. The summed E-state index contributed by atoms with van der Waals surface area (Å²) in [6, 6.07) is 9.35. The van der Waals surface area contributed by atoms with Crippen molar-refractivity contribution in [1.29, 1.82) is 0 Å². The first kappa shape index (κ1) is 18.2. The van der Waals surface area contributed by atoms with E-state index in [1.165, 1.54) is 0 Å². The molecule has 0 aliphatic heterocycles. The number of nitrogens with one attached hydrogen (secondary N) is 1. The predicted octanol–water partition coefficient (Wildman–Crippen LogP) is 6.17. The Bertz CT molecular complexity index is 660. The summed E-state index contributed by atoms with van der Waals surface area (Å²) in [4.78, 5) is 0. The van der Waals surface area contributed by atoms with Crippen molar-refractivity contribution in [2.75, 3.05) is 18.5 Å². The minimum atomic E-state index is 0.577. The standard InChI is InChI=1S/C17H18BrCl2NO2/c1-3-22-16-6-11(5-15(18)17(16)23-4-2)10-21-14-8-12(19)7-13(20)9-14/h5-9,21H,3-4,10H2,1-2H3. The number of anilines is 1. The van der Waals surface area contributed by atoms with Crippen LogP contribution in [0.4, 0.5) is 5.69 Å². The van der Waals surface area contributed by atoms with Crippen molar-refractivity contribution in [2.45, 2.75) is 20.4 Å². The van der Waals surface area contributed by atoms with E-state index in [-0.39, 0.29) is 0 Å². The van der Waals surface area contributed by atoms with Gasteiger partial charge in [-0.05, 0) is 65.7 Å². The zero-order valence-electron chi connectivity index (χ0n) is 13.0. The number of halogens is 3. The summed E-state index contributed by atoms with van der Waals surface area (Å²) >= 11 is 15.6. The molecule has 0 saturated heterocycles. The van der Waals surface area contributed by atoms with E-state index in [9.17, 15) is 0 Å². The fourth-order valence-corrected chi connectivity index (χ4v) is 3.26. The largest absolute Gasteiger partial charge is 0.490 e. The fourth-order valence-electron chi connectivity index (χ4n) is 2.13. The third-order valence-electron chi connectivity index (χ3n) is 3.02. The molecule has 0 bridgehead atoms. The quantitative estimate of drug-likeness (QED) is 0.583. The van der Waals surface area contributed by atoms with E-state index in [0.29, 0.717) is 29.8 Å². The van der Waals surface area contributed by atoms with Crippen LogP contribution >= 0.6 is 39.1 Å². The first-order chi connectivity index (χ1) is 11.0. The monoisotopic (exact) mass is 417 g/mol. The van der Waals surface area contributed by atoms with Crippen LogP contribution in [-0.4, -0.2) is 13.2 Å². The summed E-state index contributed by atoms with van der Waals surface area (Å²) in [6.45, 7) is 5.66. The summed E-state index contributed by atoms with van der Waals surface area (Å²) in [5.74, 6) is 1.45. The van der Waals surface area contributed by atoms with Gasteiger partial charge in [-0.1, -0.05) is 23.2 Å². The van der Waals surface area contributed by atoms with E-state index in [2.05, 4.69) is 21.2 Å². The molecule has 2 aromatic rings. The molecule has 6 heteroatoms. The highest BCUT2D eigenvalue weighted by atomic mass is 79.9. The smallest absolute Gasteiger partial charge is 0.175 e. The van der Waals surface area contributed by atoms with Gasteiger partial charge in [-0.25, -0.2) is 0 Å². The molecule has 0 aliphatic carbocycles. The maximum Gasteiger partial charge on any atom is 0.175 e. The molecule has 1 N–H and O–H groups in total. The molecule has 0 fully saturated rings. The van der Waals surface area contributed by atoms with Gasteiger partial charge >= 0.3 is 0 Å². The summed E-state index contributed by atoms with van der Waals surface area (Å²) in [5.41, 5.74) is 1.92. The van der Waals surface area contributed by atoms with Gasteiger partial charge in [0.05, 0.1) is 17.7 Å². The first-order valence-corrected chi connectivity index (χ1v) is 8.86. The van der Waals surface area contributed by atoms with Gasteiger partial charge < -0.3 is 14.8 Å². The minimum absolute atomic E-state index is 0.577. The van der Waals surface area contributed by atoms with Crippen LogP contribution in [0.1, 0.15) is 19.4 Å². The first-order valence-electron chi connectivity index (χ1n) is 7.31. The molecular formula is C17H18BrCl2NO2. The van der Waals surface area contributed by atoms with Gasteiger partial charge in [0.2, 0.25) is 0 Å². The molecule has 0 saturated carbocycles. The third kappa shape index (κ3) is 5.20. The Hall–Kier alpha value is -1.10. The van der Waals surface area contributed by atoms with E-state index in [1.807, 2.05) is 38.1 Å². The number of hydrogen-bond acceptors (Lipinski definition) is 3. The van der Waals surface area contributed by atoms with Gasteiger partial charge in [0.15, 0.2) is 11.5 Å². The molecule has 0 atom stereocenters. The van der Waals surface area contributed by atoms with Crippen molar-refractivity contribution < 1.29 is 9.47 Å². The van der Waals surface area contributed by atoms with Crippen LogP contribution in [0.2, 0.25) is 10.0 Å². The molecule has 0 spiro atoms. The summed E-state index contributed by atoms with van der Waals surface area (Å²) in [5, 5.41) is 4.50. The lowest BCUT2D eigenvalue weighted by atomic mass is 10.2. The highest BCUT2D eigenvalue weighted by Gasteiger charge is 2.12. The van der Waals surface area contributed by atoms with E-state index in [1.54, 1.807) is 6.07 Å². The van der Waals surface area contributed by atoms with Crippen molar-refractivity contribution in [3.8, 4) is 11.5 Å². The van der Waals surface area contributed by atoms with E-state index in [0.717, 1.165) is 27.2 Å². The summed E-state index contributed by atoms with van der Waals surface area (Å²) in [6.07, 6.45) is 0. The van der Waals surface area contributed by atoms with Crippen LogP contribution < -0.4 is 14.8 Å². The van der Waals surface area contributed by atoms with Gasteiger partial charge in [-0.15, -0.1) is 0 Å². The average molecular weight is 419 g/mol. The lowest BCUT2D eigenvalue weighted by molar-refractivity contribution is 0.286. The van der Waals surface area contributed by atoms with Crippen LogP contribution in [0.25, 0.3) is 0 Å². The van der Waals surface area contributed by atoms with Crippen molar-refractivity contribution in [2.24, 2.45) is 0 Å². The molecule has 0 unspecified atom stereocenters.